The fraction of sp³-hybridized carbons (Fsp3) is 0.286. The molecule has 2 N–H and O–H groups in total. The summed E-state index contributed by atoms with van der Waals surface area (Å²) in [5.41, 5.74) is 3.35. The molecule has 7 heteroatoms. The van der Waals surface area contributed by atoms with Crippen molar-refractivity contribution < 1.29 is 19.1 Å². The molecular formula is C28H31N3O4. The molecule has 7 nitrogen and oxygen atoms in total. The van der Waals surface area contributed by atoms with E-state index in [2.05, 4.69) is 15.5 Å². The van der Waals surface area contributed by atoms with E-state index in [1.165, 1.54) is 7.11 Å². The lowest BCUT2D eigenvalue weighted by Gasteiger charge is -2.23. The summed E-state index contributed by atoms with van der Waals surface area (Å²) in [5, 5.41) is 6.02. The molecule has 1 aliphatic rings. The Morgan fingerprint density at radius 1 is 0.857 bits per heavy atom. The second kappa shape index (κ2) is 11.0. The number of carbonyl (C=O) groups excluding carboxylic acids is 2. The van der Waals surface area contributed by atoms with Gasteiger partial charge in [-0.25, -0.2) is 0 Å². The van der Waals surface area contributed by atoms with Gasteiger partial charge in [-0.1, -0.05) is 30.3 Å². The number of rotatable bonds is 8. The van der Waals surface area contributed by atoms with Crippen LogP contribution in [0.25, 0.3) is 0 Å². The van der Waals surface area contributed by atoms with E-state index < -0.39 is 0 Å². The molecule has 0 saturated carbocycles. The fourth-order valence-electron chi connectivity index (χ4n) is 4.31. The molecule has 1 unspecified atom stereocenters. The van der Waals surface area contributed by atoms with Gasteiger partial charge in [0.15, 0.2) is 0 Å². The van der Waals surface area contributed by atoms with Crippen molar-refractivity contribution in [3.05, 3.63) is 83.4 Å². The van der Waals surface area contributed by atoms with Gasteiger partial charge in [-0.15, -0.1) is 0 Å². The minimum Gasteiger partial charge on any atom is -0.497 e. The summed E-state index contributed by atoms with van der Waals surface area (Å²) in [6, 6.07) is 20.2. The fourth-order valence-corrected chi connectivity index (χ4v) is 4.31. The predicted octanol–water partition coefficient (Wildman–Crippen LogP) is 5.05. The Morgan fingerprint density at radius 3 is 2.29 bits per heavy atom. The van der Waals surface area contributed by atoms with Crippen molar-refractivity contribution in [2.75, 3.05) is 37.5 Å². The molecule has 3 aromatic carbocycles. The Labute approximate surface area is 206 Å². The molecule has 0 aromatic heterocycles. The molecule has 182 valence electrons. The molecule has 1 aliphatic heterocycles. The highest BCUT2D eigenvalue weighted by atomic mass is 16.5. The lowest BCUT2D eigenvalue weighted by molar-refractivity contribution is 0.0939. The maximum Gasteiger partial charge on any atom is 0.259 e. The molecule has 1 atom stereocenters. The number of nitrogens with one attached hydrogen (secondary N) is 2. The van der Waals surface area contributed by atoms with Crippen LogP contribution in [0.2, 0.25) is 0 Å². The van der Waals surface area contributed by atoms with Crippen molar-refractivity contribution in [1.82, 2.24) is 5.32 Å². The Kier molecular flexibility index (Phi) is 7.55. The van der Waals surface area contributed by atoms with Crippen molar-refractivity contribution >= 4 is 23.2 Å². The molecule has 0 radical (unpaired) electrons. The quantitative estimate of drug-likeness (QED) is 0.479. The van der Waals surface area contributed by atoms with Gasteiger partial charge >= 0.3 is 0 Å². The highest BCUT2D eigenvalue weighted by Gasteiger charge is 2.22. The largest absolute Gasteiger partial charge is 0.497 e. The van der Waals surface area contributed by atoms with Gasteiger partial charge in [0.1, 0.15) is 11.5 Å². The highest BCUT2D eigenvalue weighted by molar-refractivity contribution is 6.08. The second-order valence-corrected chi connectivity index (χ2v) is 8.55. The number of anilines is 2. The second-order valence-electron chi connectivity index (χ2n) is 8.55. The first-order valence-electron chi connectivity index (χ1n) is 11.8. The van der Waals surface area contributed by atoms with Gasteiger partial charge in [0.25, 0.3) is 11.8 Å². The number of amides is 2. The van der Waals surface area contributed by atoms with Crippen LogP contribution in [0, 0.1) is 0 Å². The van der Waals surface area contributed by atoms with Crippen LogP contribution in [0.4, 0.5) is 11.4 Å². The topological polar surface area (TPSA) is 79.9 Å². The summed E-state index contributed by atoms with van der Waals surface area (Å²) >= 11 is 0. The van der Waals surface area contributed by atoms with Crippen LogP contribution in [-0.4, -0.2) is 39.1 Å². The smallest absolute Gasteiger partial charge is 0.259 e. The monoisotopic (exact) mass is 473 g/mol. The van der Waals surface area contributed by atoms with Crippen molar-refractivity contribution in [3.63, 3.8) is 0 Å². The van der Waals surface area contributed by atoms with E-state index >= 15 is 0 Å². The van der Waals surface area contributed by atoms with Crippen LogP contribution in [-0.2, 0) is 0 Å². The van der Waals surface area contributed by atoms with Crippen molar-refractivity contribution in [2.24, 2.45) is 0 Å². The first kappa shape index (κ1) is 24.1. The molecule has 1 saturated heterocycles. The number of carbonyl (C=O) groups is 2. The van der Waals surface area contributed by atoms with Gasteiger partial charge in [0.2, 0.25) is 0 Å². The Bertz CT molecular complexity index is 1190. The molecule has 0 bridgehead atoms. The minimum atomic E-state index is -0.331. The zero-order chi connectivity index (χ0) is 24.8. The van der Waals surface area contributed by atoms with Crippen LogP contribution >= 0.6 is 0 Å². The van der Waals surface area contributed by atoms with E-state index in [0.717, 1.165) is 37.2 Å². The minimum absolute atomic E-state index is 0.156. The Balaban J connectivity index is 1.60. The summed E-state index contributed by atoms with van der Waals surface area (Å²) < 4.78 is 10.6. The van der Waals surface area contributed by atoms with Crippen LogP contribution < -0.4 is 25.0 Å². The van der Waals surface area contributed by atoms with E-state index in [0.29, 0.717) is 28.3 Å². The number of nitrogens with zero attached hydrogens (tertiary/aromatic N) is 1. The molecule has 4 rings (SSSR count). The van der Waals surface area contributed by atoms with E-state index in [1.807, 2.05) is 49.4 Å². The molecule has 1 fully saturated rings. The molecule has 35 heavy (non-hydrogen) atoms. The van der Waals surface area contributed by atoms with Gasteiger partial charge in [-0.2, -0.15) is 0 Å². The third-order valence-electron chi connectivity index (χ3n) is 6.25. The van der Waals surface area contributed by atoms with Crippen molar-refractivity contribution in [3.8, 4) is 11.5 Å². The number of hydrogen-bond donors (Lipinski definition) is 2. The summed E-state index contributed by atoms with van der Waals surface area (Å²) in [7, 11) is 3.06. The van der Waals surface area contributed by atoms with Gasteiger partial charge in [0, 0.05) is 30.5 Å². The average Bonchev–Trinajstić information content (AvgIpc) is 3.43. The zero-order valence-corrected chi connectivity index (χ0v) is 20.3. The maximum absolute atomic E-state index is 13.4. The number of benzene rings is 3. The molecule has 0 spiro atoms. The molecular weight excluding hydrogens is 442 g/mol. The van der Waals surface area contributed by atoms with Crippen LogP contribution in [0.1, 0.15) is 52.1 Å². The molecule has 3 aromatic rings. The Morgan fingerprint density at radius 2 is 1.60 bits per heavy atom. The van der Waals surface area contributed by atoms with Crippen molar-refractivity contribution in [1.29, 1.82) is 0 Å². The zero-order valence-electron chi connectivity index (χ0n) is 20.3. The van der Waals surface area contributed by atoms with Crippen LogP contribution in [0.15, 0.2) is 66.7 Å². The number of hydrogen-bond acceptors (Lipinski definition) is 5. The Hall–Kier alpha value is -4.00. The SMILES string of the molecule is COc1ccc(C(=O)Nc2ccc(N3CCCC3)c(C(=O)NC(C)c3ccccc3)c2)c(OC)c1. The van der Waals surface area contributed by atoms with Crippen LogP contribution in [0.3, 0.4) is 0 Å². The van der Waals surface area contributed by atoms with Gasteiger partial charge in [-0.05, 0) is 55.7 Å². The number of ether oxygens (including phenoxy) is 2. The van der Waals surface area contributed by atoms with E-state index in [1.54, 1.807) is 31.4 Å². The molecule has 1 heterocycles. The van der Waals surface area contributed by atoms with E-state index in [9.17, 15) is 9.59 Å². The summed E-state index contributed by atoms with van der Waals surface area (Å²) in [6.45, 7) is 3.77. The van der Waals surface area contributed by atoms with Crippen LogP contribution in [0.5, 0.6) is 11.5 Å². The average molecular weight is 474 g/mol. The van der Waals surface area contributed by atoms with Crippen molar-refractivity contribution in [2.45, 2.75) is 25.8 Å². The highest BCUT2D eigenvalue weighted by Crippen LogP contribution is 2.30. The lowest BCUT2D eigenvalue weighted by atomic mass is 10.1. The maximum atomic E-state index is 13.4. The summed E-state index contributed by atoms with van der Waals surface area (Å²) in [5.74, 6) is 0.494. The predicted molar refractivity (Wildman–Crippen MR) is 138 cm³/mol. The first-order valence-corrected chi connectivity index (χ1v) is 11.8. The molecule has 0 aliphatic carbocycles. The lowest BCUT2D eigenvalue weighted by Crippen LogP contribution is -2.29. The van der Waals surface area contributed by atoms with Gasteiger partial charge < -0.3 is 25.0 Å². The third-order valence-corrected chi connectivity index (χ3v) is 6.25. The normalized spacial score (nSPS) is 13.7. The molecule has 2 amide bonds. The first-order chi connectivity index (χ1) is 17.0. The standard InChI is InChI=1S/C28H31N3O4/c1-19(20-9-5-4-6-10-20)29-28(33)24-17-21(11-14-25(24)31-15-7-8-16-31)30-27(32)23-13-12-22(34-2)18-26(23)35-3/h4-6,9-14,17-19H,7-8,15-16H2,1-3H3,(H,29,33)(H,30,32). The van der Waals surface area contributed by atoms with E-state index in [4.69, 9.17) is 9.47 Å². The van der Waals surface area contributed by atoms with Gasteiger partial charge in [-0.3, -0.25) is 9.59 Å². The summed E-state index contributed by atoms with van der Waals surface area (Å²) in [6.07, 6.45) is 2.19. The van der Waals surface area contributed by atoms with Gasteiger partial charge in [0.05, 0.1) is 31.4 Å². The summed E-state index contributed by atoms with van der Waals surface area (Å²) in [4.78, 5) is 28.7. The number of methoxy groups -OCH3 is 2. The van der Waals surface area contributed by atoms with E-state index in [-0.39, 0.29) is 17.9 Å². The third kappa shape index (κ3) is 5.57.